The van der Waals surface area contributed by atoms with E-state index in [9.17, 15) is 4.79 Å². The smallest absolute Gasteiger partial charge is 0.255 e. The first-order chi connectivity index (χ1) is 12.3. The van der Waals surface area contributed by atoms with E-state index in [1.54, 1.807) is 13.3 Å². The van der Waals surface area contributed by atoms with Crippen molar-refractivity contribution in [2.75, 3.05) is 32.1 Å². The lowest BCUT2D eigenvalue weighted by molar-refractivity contribution is 0.0571. The summed E-state index contributed by atoms with van der Waals surface area (Å²) in [5.41, 5.74) is 2.68. The minimum Gasteiger partial charge on any atom is -0.384 e. The van der Waals surface area contributed by atoms with Crippen LogP contribution in [0.3, 0.4) is 0 Å². The largest absolute Gasteiger partial charge is 0.384 e. The number of carbonyl (C=O) groups excluding carboxylic acids is 1. The second-order valence-electron chi connectivity index (χ2n) is 6.48. The lowest BCUT2D eigenvalue weighted by Crippen LogP contribution is -2.41. The van der Waals surface area contributed by atoms with Gasteiger partial charge in [0.1, 0.15) is 0 Å². The number of para-hydroxylation sites is 1. The minimum atomic E-state index is 0.0927. The molecular formula is C20H25N3O2. The number of aromatic nitrogens is 1. The number of pyridine rings is 1. The normalized spacial score (nSPS) is 17.3. The van der Waals surface area contributed by atoms with Crippen LogP contribution >= 0.6 is 0 Å². The molecule has 1 aliphatic heterocycles. The number of anilines is 1. The van der Waals surface area contributed by atoms with Gasteiger partial charge in [-0.2, -0.15) is 0 Å². The molecule has 0 bridgehead atoms. The summed E-state index contributed by atoms with van der Waals surface area (Å²) < 4.78 is 5.27. The van der Waals surface area contributed by atoms with Crippen LogP contribution in [0.25, 0.3) is 0 Å². The van der Waals surface area contributed by atoms with Crippen LogP contribution in [0.1, 0.15) is 28.8 Å². The van der Waals surface area contributed by atoms with Gasteiger partial charge in [0, 0.05) is 44.8 Å². The van der Waals surface area contributed by atoms with E-state index >= 15 is 0 Å². The van der Waals surface area contributed by atoms with Crippen LogP contribution in [-0.4, -0.2) is 42.6 Å². The van der Waals surface area contributed by atoms with Crippen molar-refractivity contribution in [3.63, 3.8) is 0 Å². The summed E-state index contributed by atoms with van der Waals surface area (Å²) in [5, 5.41) is 3.37. The molecule has 132 valence electrons. The molecule has 0 spiro atoms. The van der Waals surface area contributed by atoms with Crippen LogP contribution in [0.4, 0.5) is 5.69 Å². The molecular weight excluding hydrogens is 314 g/mol. The lowest BCUT2D eigenvalue weighted by atomic mass is 9.98. The Morgan fingerprint density at radius 2 is 2.20 bits per heavy atom. The van der Waals surface area contributed by atoms with Gasteiger partial charge in [0.25, 0.3) is 5.91 Å². The Bertz CT molecular complexity index is 688. The molecule has 1 amide bonds. The highest BCUT2D eigenvalue weighted by Crippen LogP contribution is 2.23. The molecule has 2 heterocycles. The van der Waals surface area contributed by atoms with Crippen molar-refractivity contribution < 1.29 is 9.53 Å². The Labute approximate surface area is 149 Å². The van der Waals surface area contributed by atoms with E-state index in [1.807, 2.05) is 47.5 Å². The van der Waals surface area contributed by atoms with E-state index in [0.717, 1.165) is 42.7 Å². The second kappa shape index (κ2) is 8.62. The zero-order valence-electron chi connectivity index (χ0n) is 14.6. The summed E-state index contributed by atoms with van der Waals surface area (Å²) in [5.74, 6) is 0.522. The number of amides is 1. The second-order valence-corrected chi connectivity index (χ2v) is 6.48. The fourth-order valence-corrected chi connectivity index (χ4v) is 3.32. The molecule has 1 aromatic carbocycles. The molecule has 5 heteroatoms. The van der Waals surface area contributed by atoms with Gasteiger partial charge < -0.3 is 15.0 Å². The number of ether oxygens (including phenoxy) is 1. The molecule has 0 unspecified atom stereocenters. The average Bonchev–Trinajstić information content (AvgIpc) is 2.67. The van der Waals surface area contributed by atoms with Crippen LogP contribution in [-0.2, 0) is 11.3 Å². The predicted octanol–water partition coefficient (Wildman–Crippen LogP) is 3.19. The molecule has 1 aliphatic rings. The van der Waals surface area contributed by atoms with E-state index in [0.29, 0.717) is 19.1 Å². The fourth-order valence-electron chi connectivity index (χ4n) is 3.32. The maximum absolute atomic E-state index is 13.0. The Hall–Kier alpha value is -2.40. The number of piperidine rings is 1. The minimum absolute atomic E-state index is 0.0927. The van der Waals surface area contributed by atoms with Crippen LogP contribution in [0, 0.1) is 5.92 Å². The summed E-state index contributed by atoms with van der Waals surface area (Å²) >= 11 is 0. The first-order valence-corrected chi connectivity index (χ1v) is 8.78. The van der Waals surface area contributed by atoms with Crippen LogP contribution < -0.4 is 5.32 Å². The molecule has 3 rings (SSSR count). The van der Waals surface area contributed by atoms with Gasteiger partial charge in [0.05, 0.1) is 12.2 Å². The SMILES string of the molecule is COC[C@@H]1CCCN(C(=O)c2ccccc2NCc2cccnc2)C1. The average molecular weight is 339 g/mol. The van der Waals surface area contributed by atoms with Crippen molar-refractivity contribution in [1.82, 2.24) is 9.88 Å². The Kier molecular flexibility index (Phi) is 6.01. The summed E-state index contributed by atoms with van der Waals surface area (Å²) in [4.78, 5) is 19.1. The number of rotatable bonds is 6. The van der Waals surface area contributed by atoms with E-state index < -0.39 is 0 Å². The fraction of sp³-hybridized carbons (Fsp3) is 0.400. The molecule has 0 aliphatic carbocycles. The number of nitrogens with zero attached hydrogens (tertiary/aromatic N) is 2. The molecule has 1 atom stereocenters. The highest BCUT2D eigenvalue weighted by atomic mass is 16.5. The van der Waals surface area contributed by atoms with Crippen LogP contribution in [0.15, 0.2) is 48.8 Å². The lowest BCUT2D eigenvalue weighted by Gasteiger charge is -2.33. The molecule has 0 radical (unpaired) electrons. The number of carbonyl (C=O) groups is 1. The summed E-state index contributed by atoms with van der Waals surface area (Å²) in [6.07, 6.45) is 5.74. The number of likely N-dealkylation sites (tertiary alicyclic amines) is 1. The van der Waals surface area contributed by atoms with Crippen molar-refractivity contribution in [2.24, 2.45) is 5.92 Å². The molecule has 2 aromatic rings. The first-order valence-electron chi connectivity index (χ1n) is 8.78. The Balaban J connectivity index is 1.70. The zero-order valence-corrected chi connectivity index (χ0v) is 14.6. The molecule has 1 N–H and O–H groups in total. The van der Waals surface area contributed by atoms with Crippen molar-refractivity contribution >= 4 is 11.6 Å². The van der Waals surface area contributed by atoms with Gasteiger partial charge in [-0.15, -0.1) is 0 Å². The van der Waals surface area contributed by atoms with Gasteiger partial charge >= 0.3 is 0 Å². The number of hydrogen-bond donors (Lipinski definition) is 1. The molecule has 5 nitrogen and oxygen atoms in total. The number of nitrogens with one attached hydrogen (secondary N) is 1. The third-order valence-electron chi connectivity index (χ3n) is 4.57. The molecule has 1 aromatic heterocycles. The molecule has 25 heavy (non-hydrogen) atoms. The van der Waals surface area contributed by atoms with Crippen molar-refractivity contribution in [3.8, 4) is 0 Å². The van der Waals surface area contributed by atoms with Gasteiger partial charge in [0.2, 0.25) is 0 Å². The summed E-state index contributed by atoms with van der Waals surface area (Å²) in [6, 6.07) is 11.7. The topological polar surface area (TPSA) is 54.5 Å². The third kappa shape index (κ3) is 4.57. The quantitative estimate of drug-likeness (QED) is 0.878. The van der Waals surface area contributed by atoms with Gasteiger partial charge in [-0.1, -0.05) is 18.2 Å². The van der Waals surface area contributed by atoms with E-state index in [1.165, 1.54) is 0 Å². The van der Waals surface area contributed by atoms with E-state index in [2.05, 4.69) is 10.3 Å². The molecule has 1 saturated heterocycles. The Morgan fingerprint density at radius 1 is 1.32 bits per heavy atom. The standard InChI is InChI=1S/C20H25N3O2/c1-25-15-17-7-5-11-23(14-17)20(24)18-8-2-3-9-19(18)22-13-16-6-4-10-21-12-16/h2-4,6,8-10,12,17,22H,5,7,11,13-15H2,1H3/t17-/m1/s1. The van der Waals surface area contributed by atoms with Gasteiger partial charge in [-0.25, -0.2) is 0 Å². The van der Waals surface area contributed by atoms with Crippen molar-refractivity contribution in [2.45, 2.75) is 19.4 Å². The number of hydrogen-bond acceptors (Lipinski definition) is 4. The zero-order chi connectivity index (χ0) is 17.5. The summed E-state index contributed by atoms with van der Waals surface area (Å²) in [7, 11) is 1.72. The Morgan fingerprint density at radius 3 is 3.00 bits per heavy atom. The third-order valence-corrected chi connectivity index (χ3v) is 4.57. The monoisotopic (exact) mass is 339 g/mol. The van der Waals surface area contributed by atoms with E-state index in [4.69, 9.17) is 4.74 Å². The first kappa shape index (κ1) is 17.4. The predicted molar refractivity (Wildman–Crippen MR) is 98.5 cm³/mol. The van der Waals surface area contributed by atoms with Gasteiger partial charge in [-0.05, 0) is 42.5 Å². The maximum atomic E-state index is 13.0. The number of methoxy groups -OCH3 is 1. The number of benzene rings is 1. The molecule has 1 fully saturated rings. The van der Waals surface area contributed by atoms with Crippen LogP contribution in [0.5, 0.6) is 0 Å². The summed E-state index contributed by atoms with van der Waals surface area (Å²) in [6.45, 7) is 2.94. The van der Waals surface area contributed by atoms with Gasteiger partial charge in [-0.3, -0.25) is 9.78 Å². The maximum Gasteiger partial charge on any atom is 0.255 e. The van der Waals surface area contributed by atoms with Crippen LogP contribution in [0.2, 0.25) is 0 Å². The van der Waals surface area contributed by atoms with E-state index in [-0.39, 0.29) is 5.91 Å². The molecule has 0 saturated carbocycles. The highest BCUT2D eigenvalue weighted by molar-refractivity contribution is 5.99. The highest BCUT2D eigenvalue weighted by Gasteiger charge is 2.25. The van der Waals surface area contributed by atoms with Gasteiger partial charge in [0.15, 0.2) is 0 Å². The van der Waals surface area contributed by atoms with Crippen molar-refractivity contribution in [1.29, 1.82) is 0 Å². The van der Waals surface area contributed by atoms with Crippen molar-refractivity contribution in [3.05, 3.63) is 59.9 Å².